The van der Waals surface area contributed by atoms with Gasteiger partial charge in [-0.25, -0.2) is 0 Å². The first-order valence-corrected chi connectivity index (χ1v) is 2.59. The van der Waals surface area contributed by atoms with E-state index in [0.717, 1.165) is 0 Å². The van der Waals surface area contributed by atoms with Crippen LogP contribution in [0, 0.1) is 11.3 Å². The maximum atomic E-state index is 10.6. The summed E-state index contributed by atoms with van der Waals surface area (Å²) < 4.78 is 4.39. The molecule has 1 unspecified atom stereocenters. The largest absolute Gasteiger partial charge is 0.480 e. The summed E-state index contributed by atoms with van der Waals surface area (Å²) in [4.78, 5) is 20.8. The fraction of sp³-hybridized carbons (Fsp3) is 0.400. The fourth-order valence-corrected chi connectivity index (χ4v) is 0.712. The number of hydrogen-bond acceptors (Lipinski definition) is 4. The van der Waals surface area contributed by atoms with Crippen molar-refractivity contribution in [2.75, 3.05) is 6.61 Å². The van der Waals surface area contributed by atoms with Crippen LogP contribution >= 0.6 is 0 Å². The van der Waals surface area contributed by atoms with Gasteiger partial charge in [-0.2, -0.15) is 0 Å². The van der Waals surface area contributed by atoms with Crippen molar-refractivity contribution in [3.8, 4) is 0 Å². The molecule has 1 fully saturated rings. The van der Waals surface area contributed by atoms with Crippen LogP contribution in [0.15, 0.2) is 0 Å². The van der Waals surface area contributed by atoms with Crippen molar-refractivity contribution < 1.29 is 19.4 Å². The molecule has 0 amide bonds. The third-order valence-corrected chi connectivity index (χ3v) is 1.20. The summed E-state index contributed by atoms with van der Waals surface area (Å²) in [7, 11) is 0. The Hall–Kier alpha value is -1.39. The smallest absolute Gasteiger partial charge is 0.323 e. The number of rotatable bonds is 1. The topological polar surface area (TPSA) is 87.5 Å². The Morgan fingerprint density at radius 3 is 2.60 bits per heavy atom. The minimum Gasteiger partial charge on any atom is -0.480 e. The predicted octanol–water partition coefficient (Wildman–Crippen LogP) is -0.736. The quantitative estimate of drug-likeness (QED) is 0.473. The summed E-state index contributed by atoms with van der Waals surface area (Å²) in [5.41, 5.74) is 0. The second kappa shape index (κ2) is 2.09. The summed E-state index contributed by atoms with van der Waals surface area (Å²) >= 11 is 0. The number of ether oxygens (including phenoxy) is 1. The van der Waals surface area contributed by atoms with Crippen LogP contribution in [-0.4, -0.2) is 29.4 Å². The molecule has 1 rings (SSSR count). The Morgan fingerprint density at radius 1 is 1.80 bits per heavy atom. The SMILES string of the molecule is N=C1OCC(=O)C1C(=O)O. The normalized spacial score (nSPS) is 24.6. The summed E-state index contributed by atoms with van der Waals surface area (Å²) in [6.45, 7) is -0.282. The molecular weight excluding hydrogens is 138 g/mol. The van der Waals surface area contributed by atoms with Crippen LogP contribution in [0.2, 0.25) is 0 Å². The lowest BCUT2D eigenvalue weighted by Crippen LogP contribution is -2.24. The van der Waals surface area contributed by atoms with Crippen LogP contribution < -0.4 is 0 Å². The lowest BCUT2D eigenvalue weighted by atomic mass is 10.1. The molecule has 0 aliphatic carbocycles. The number of hydrogen-bond donors (Lipinski definition) is 2. The second-order valence-electron chi connectivity index (χ2n) is 1.89. The summed E-state index contributed by atoms with van der Waals surface area (Å²) in [6, 6.07) is 0. The highest BCUT2D eigenvalue weighted by molar-refractivity contribution is 6.18. The first kappa shape index (κ1) is 6.73. The van der Waals surface area contributed by atoms with E-state index < -0.39 is 23.6 Å². The predicted molar refractivity (Wildman–Crippen MR) is 29.8 cm³/mol. The minimum absolute atomic E-state index is 0.282. The summed E-state index contributed by atoms with van der Waals surface area (Å²) in [6.07, 6.45) is 0. The highest BCUT2D eigenvalue weighted by Gasteiger charge is 2.38. The lowest BCUT2D eigenvalue weighted by molar-refractivity contribution is -0.142. The molecule has 10 heavy (non-hydrogen) atoms. The van der Waals surface area contributed by atoms with Gasteiger partial charge in [-0.15, -0.1) is 0 Å². The Balaban J connectivity index is 2.82. The van der Waals surface area contributed by atoms with Gasteiger partial charge in [-0.1, -0.05) is 0 Å². The average molecular weight is 143 g/mol. The number of carbonyl (C=O) groups excluding carboxylic acids is 1. The van der Waals surface area contributed by atoms with Crippen LogP contribution in [-0.2, 0) is 14.3 Å². The molecule has 0 aromatic heterocycles. The van der Waals surface area contributed by atoms with Crippen molar-refractivity contribution in [2.45, 2.75) is 0 Å². The minimum atomic E-state index is -1.36. The van der Waals surface area contributed by atoms with Crippen LogP contribution in [0.5, 0.6) is 0 Å². The van der Waals surface area contributed by atoms with Crippen molar-refractivity contribution in [3.63, 3.8) is 0 Å². The molecule has 5 nitrogen and oxygen atoms in total. The average Bonchev–Trinajstić information content (AvgIpc) is 2.11. The second-order valence-corrected chi connectivity index (χ2v) is 1.89. The maximum absolute atomic E-state index is 10.6. The van der Waals surface area contributed by atoms with Gasteiger partial charge in [0.25, 0.3) is 0 Å². The van der Waals surface area contributed by atoms with E-state index in [9.17, 15) is 9.59 Å². The van der Waals surface area contributed by atoms with Crippen LogP contribution in [0.3, 0.4) is 0 Å². The highest BCUT2D eigenvalue weighted by atomic mass is 16.5. The Bertz CT molecular complexity index is 194. The molecule has 0 radical (unpaired) electrons. The van der Waals surface area contributed by atoms with Gasteiger partial charge in [0.15, 0.2) is 11.7 Å². The van der Waals surface area contributed by atoms with Crippen LogP contribution in [0.25, 0.3) is 0 Å². The van der Waals surface area contributed by atoms with Gasteiger partial charge in [-0.3, -0.25) is 15.0 Å². The maximum Gasteiger partial charge on any atom is 0.323 e. The van der Waals surface area contributed by atoms with Crippen LogP contribution in [0.4, 0.5) is 0 Å². The van der Waals surface area contributed by atoms with Gasteiger partial charge in [0.2, 0.25) is 5.90 Å². The molecular formula is C5H5NO4. The number of carboxylic acids is 1. The van der Waals surface area contributed by atoms with E-state index in [-0.39, 0.29) is 6.61 Å². The van der Waals surface area contributed by atoms with Gasteiger partial charge in [0.1, 0.15) is 6.61 Å². The molecule has 0 saturated carbocycles. The van der Waals surface area contributed by atoms with Crippen molar-refractivity contribution in [1.82, 2.24) is 0 Å². The zero-order valence-electron chi connectivity index (χ0n) is 4.96. The van der Waals surface area contributed by atoms with Gasteiger partial charge in [0, 0.05) is 0 Å². The van der Waals surface area contributed by atoms with Crippen LogP contribution in [0.1, 0.15) is 0 Å². The molecule has 1 aliphatic rings. The number of nitrogens with one attached hydrogen (secondary N) is 1. The Labute approximate surface area is 56.1 Å². The molecule has 1 aliphatic heterocycles. The number of carbonyl (C=O) groups is 2. The number of aliphatic carboxylic acids is 1. The van der Waals surface area contributed by atoms with Gasteiger partial charge in [0.05, 0.1) is 0 Å². The van der Waals surface area contributed by atoms with E-state index in [1.807, 2.05) is 0 Å². The molecule has 1 atom stereocenters. The lowest BCUT2D eigenvalue weighted by Gasteiger charge is -1.95. The molecule has 1 heterocycles. The fourth-order valence-electron chi connectivity index (χ4n) is 0.712. The zero-order valence-corrected chi connectivity index (χ0v) is 4.96. The number of ketones is 1. The molecule has 5 heteroatoms. The molecule has 0 aromatic rings. The van der Waals surface area contributed by atoms with Gasteiger partial charge in [-0.05, 0) is 0 Å². The third-order valence-electron chi connectivity index (χ3n) is 1.20. The van der Waals surface area contributed by atoms with Gasteiger partial charge < -0.3 is 9.84 Å². The standard InChI is InChI=1S/C5H5NO4/c6-4-3(5(8)9)2(7)1-10-4/h3,6H,1H2,(H,8,9). The van der Waals surface area contributed by atoms with E-state index in [1.54, 1.807) is 0 Å². The molecule has 0 spiro atoms. The van der Waals surface area contributed by atoms with E-state index in [1.165, 1.54) is 0 Å². The van der Waals surface area contributed by atoms with Gasteiger partial charge >= 0.3 is 5.97 Å². The van der Waals surface area contributed by atoms with E-state index in [4.69, 9.17) is 10.5 Å². The van der Waals surface area contributed by atoms with E-state index >= 15 is 0 Å². The molecule has 0 aromatic carbocycles. The Morgan fingerprint density at radius 2 is 2.40 bits per heavy atom. The zero-order chi connectivity index (χ0) is 7.72. The third kappa shape index (κ3) is 0.854. The molecule has 2 N–H and O–H groups in total. The monoisotopic (exact) mass is 143 g/mol. The van der Waals surface area contributed by atoms with E-state index in [0.29, 0.717) is 0 Å². The first-order chi connectivity index (χ1) is 4.63. The van der Waals surface area contributed by atoms with Crippen molar-refractivity contribution >= 4 is 17.7 Å². The highest BCUT2D eigenvalue weighted by Crippen LogP contribution is 2.10. The number of Topliss-reactive ketones (excluding diaryl/α,β-unsaturated/α-hetero) is 1. The Kier molecular flexibility index (Phi) is 1.41. The summed E-state index contributed by atoms with van der Waals surface area (Å²) in [5, 5.41) is 15.2. The first-order valence-electron chi connectivity index (χ1n) is 2.59. The van der Waals surface area contributed by atoms with Crippen molar-refractivity contribution in [2.24, 2.45) is 5.92 Å². The molecule has 54 valence electrons. The molecule has 0 bridgehead atoms. The van der Waals surface area contributed by atoms with Crippen molar-refractivity contribution in [3.05, 3.63) is 0 Å². The van der Waals surface area contributed by atoms with Crippen molar-refractivity contribution in [1.29, 1.82) is 5.41 Å². The summed E-state index contributed by atoms with van der Waals surface area (Å²) in [5.74, 6) is -3.69. The van der Waals surface area contributed by atoms with E-state index in [2.05, 4.69) is 4.74 Å². The number of carboxylic acid groups (broad SMARTS) is 1. The molecule has 1 saturated heterocycles.